The van der Waals surface area contributed by atoms with Gasteiger partial charge in [-0.05, 0) is 120 Å². The molecule has 0 spiro atoms. The molecule has 0 aliphatic carbocycles. The fraction of sp³-hybridized carbons (Fsp3) is 0.560. The smallest absolute Gasteiger partial charge is 0.169 e. The Hall–Kier alpha value is -3.35. The first-order chi connectivity index (χ1) is 26.7. The molecule has 0 aliphatic heterocycles. The van der Waals surface area contributed by atoms with E-state index in [0.29, 0.717) is 29.7 Å². The van der Waals surface area contributed by atoms with E-state index in [2.05, 4.69) is 133 Å². The monoisotopic (exact) mass is 783 g/mol. The summed E-state index contributed by atoms with van der Waals surface area (Å²) in [6.07, 6.45) is 25.2. The molecule has 2 aromatic carbocycles. The van der Waals surface area contributed by atoms with Crippen LogP contribution in [0.3, 0.4) is 0 Å². The first-order valence-corrected chi connectivity index (χ1v) is 23.1. The number of hydrogen-bond donors (Lipinski definition) is 0. The van der Waals surface area contributed by atoms with Gasteiger partial charge in [0.05, 0.1) is 4.90 Å². The van der Waals surface area contributed by atoms with Crippen molar-refractivity contribution in [1.82, 2.24) is 4.98 Å². The van der Waals surface area contributed by atoms with E-state index < -0.39 is 10.1 Å². The van der Waals surface area contributed by atoms with Crippen molar-refractivity contribution in [3.8, 4) is 0 Å². The molecule has 0 bridgehead atoms. The van der Waals surface area contributed by atoms with Gasteiger partial charge in [-0.25, -0.2) is 13.0 Å². The SMILES string of the molecule is CCC(CC(C)c1ccc(C(C)(C)C)cc1)c1ccc(S(=O)(=O)[O-])cc1.CCCCCCCCCCC(C)[n+]1ccc(C(C)CC(CC)c2ccncc2)cc1. The zero-order valence-corrected chi connectivity index (χ0v) is 37.2. The molecule has 5 unspecified atom stereocenters. The lowest BCUT2D eigenvalue weighted by Crippen LogP contribution is -2.37. The highest BCUT2D eigenvalue weighted by atomic mass is 32.2. The summed E-state index contributed by atoms with van der Waals surface area (Å²) in [7, 11) is -4.38. The van der Waals surface area contributed by atoms with Gasteiger partial charge < -0.3 is 4.55 Å². The summed E-state index contributed by atoms with van der Waals surface area (Å²) >= 11 is 0. The van der Waals surface area contributed by atoms with Crippen LogP contribution in [-0.2, 0) is 15.5 Å². The molecule has 2 heterocycles. The standard InChI is InChI=1S/C28H45N2.C22H30O3S/c1-5-7-8-9-10-11-12-13-14-25(4)30-21-17-27(18-22-30)24(3)23-26(6-2)28-15-19-29-20-16-28;1-6-17(19-9-13-21(14-10-19)26(23,24)25)15-16(2)18-7-11-20(12-8-18)22(3,4)5/h15-22,24-26H,5-14,23H2,1-4H3;7-14,16-17H,6,15H2,1-5H3,(H,23,24,25)/q+1;/p-1. The molecule has 0 saturated carbocycles. The first kappa shape index (κ1) is 47.0. The topological polar surface area (TPSA) is 74.0 Å². The third kappa shape index (κ3) is 15.9. The highest BCUT2D eigenvalue weighted by Gasteiger charge is 2.19. The quantitative estimate of drug-likeness (QED) is 0.0479. The van der Waals surface area contributed by atoms with E-state index in [1.165, 1.54) is 105 Å². The minimum atomic E-state index is -4.38. The summed E-state index contributed by atoms with van der Waals surface area (Å²) in [6.45, 7) is 20.3. The number of pyridine rings is 2. The molecule has 0 radical (unpaired) electrons. The van der Waals surface area contributed by atoms with Crippen molar-refractivity contribution in [1.29, 1.82) is 0 Å². The molecule has 0 fully saturated rings. The summed E-state index contributed by atoms with van der Waals surface area (Å²) < 4.78 is 35.7. The third-order valence-electron chi connectivity index (χ3n) is 11.9. The number of unbranched alkanes of at least 4 members (excludes halogenated alkanes) is 7. The molecule has 5 atom stereocenters. The summed E-state index contributed by atoms with van der Waals surface area (Å²) in [5.74, 6) is 1.91. The Labute approximate surface area is 342 Å². The fourth-order valence-corrected chi connectivity index (χ4v) is 8.32. The maximum absolute atomic E-state index is 11.1. The molecule has 308 valence electrons. The van der Waals surface area contributed by atoms with Gasteiger partial charge >= 0.3 is 0 Å². The van der Waals surface area contributed by atoms with Gasteiger partial charge in [-0.3, -0.25) is 4.98 Å². The first-order valence-electron chi connectivity index (χ1n) is 21.7. The van der Waals surface area contributed by atoms with Crippen LogP contribution in [0.4, 0.5) is 0 Å². The van der Waals surface area contributed by atoms with E-state index in [-0.39, 0.29) is 10.3 Å². The van der Waals surface area contributed by atoms with E-state index in [1.54, 1.807) is 12.1 Å². The van der Waals surface area contributed by atoms with Gasteiger partial charge in [0, 0.05) is 30.9 Å². The lowest BCUT2D eigenvalue weighted by Gasteiger charge is -2.23. The lowest BCUT2D eigenvalue weighted by atomic mass is 9.82. The van der Waals surface area contributed by atoms with Crippen LogP contribution in [0.1, 0.15) is 203 Å². The Kier molecular flexibility index (Phi) is 20.0. The molecule has 6 heteroatoms. The predicted octanol–water partition coefficient (Wildman–Crippen LogP) is 13.7. The summed E-state index contributed by atoms with van der Waals surface area (Å²) in [4.78, 5) is 4.00. The number of hydrogen-bond acceptors (Lipinski definition) is 4. The molecular weight excluding hydrogens is 709 g/mol. The van der Waals surface area contributed by atoms with E-state index in [9.17, 15) is 13.0 Å². The van der Waals surface area contributed by atoms with Crippen LogP contribution in [-0.4, -0.2) is 18.0 Å². The van der Waals surface area contributed by atoms with Gasteiger partial charge in [0.1, 0.15) is 10.1 Å². The third-order valence-corrected chi connectivity index (χ3v) is 12.7. The van der Waals surface area contributed by atoms with Crippen LogP contribution < -0.4 is 4.57 Å². The van der Waals surface area contributed by atoms with E-state index in [0.717, 1.165) is 18.4 Å². The minimum Gasteiger partial charge on any atom is -0.744 e. The van der Waals surface area contributed by atoms with Crippen molar-refractivity contribution >= 4 is 10.1 Å². The Morgan fingerprint density at radius 3 is 1.52 bits per heavy atom. The van der Waals surface area contributed by atoms with Crippen molar-refractivity contribution in [2.75, 3.05) is 0 Å². The van der Waals surface area contributed by atoms with Gasteiger partial charge in [-0.15, -0.1) is 0 Å². The molecule has 4 rings (SSSR count). The molecule has 5 nitrogen and oxygen atoms in total. The normalized spacial score (nSPS) is 14.6. The summed E-state index contributed by atoms with van der Waals surface area (Å²) in [6, 6.07) is 24.9. The second kappa shape index (κ2) is 23.8. The highest BCUT2D eigenvalue weighted by Crippen LogP contribution is 2.34. The maximum atomic E-state index is 11.1. The number of nitrogens with zero attached hydrogens (tertiary/aromatic N) is 2. The van der Waals surface area contributed by atoms with Crippen molar-refractivity contribution in [3.05, 3.63) is 125 Å². The average Bonchev–Trinajstić information content (AvgIpc) is 3.19. The molecule has 0 N–H and O–H groups in total. The lowest BCUT2D eigenvalue weighted by molar-refractivity contribution is -0.720. The molecule has 4 aromatic rings. The van der Waals surface area contributed by atoms with Crippen molar-refractivity contribution in [2.24, 2.45) is 0 Å². The Morgan fingerprint density at radius 2 is 1.05 bits per heavy atom. The van der Waals surface area contributed by atoms with Crippen molar-refractivity contribution < 1.29 is 17.5 Å². The van der Waals surface area contributed by atoms with Crippen LogP contribution in [0.5, 0.6) is 0 Å². The molecule has 56 heavy (non-hydrogen) atoms. The van der Waals surface area contributed by atoms with Gasteiger partial charge in [0.2, 0.25) is 0 Å². The summed E-state index contributed by atoms with van der Waals surface area (Å²) in [5, 5.41) is 0. The van der Waals surface area contributed by atoms with Gasteiger partial charge in [-0.1, -0.05) is 137 Å². The second-order valence-corrected chi connectivity index (χ2v) is 18.7. The summed E-state index contributed by atoms with van der Waals surface area (Å²) in [5.41, 5.74) is 6.75. The number of benzene rings is 2. The second-order valence-electron chi connectivity index (χ2n) is 17.4. The van der Waals surface area contributed by atoms with Crippen LogP contribution >= 0.6 is 0 Å². The molecule has 0 amide bonds. The van der Waals surface area contributed by atoms with E-state index >= 15 is 0 Å². The van der Waals surface area contributed by atoms with Crippen LogP contribution in [0, 0.1) is 0 Å². The van der Waals surface area contributed by atoms with E-state index in [1.807, 2.05) is 12.4 Å². The Morgan fingerprint density at radius 1 is 0.607 bits per heavy atom. The molecular formula is C50H74N2O3S. The van der Waals surface area contributed by atoms with E-state index in [4.69, 9.17) is 0 Å². The van der Waals surface area contributed by atoms with Gasteiger partial charge in [-0.2, -0.15) is 0 Å². The van der Waals surface area contributed by atoms with Gasteiger partial charge in [0.15, 0.2) is 18.4 Å². The minimum absolute atomic E-state index is 0.150. The Bertz CT molecular complexity index is 1750. The molecule has 2 aromatic heterocycles. The largest absolute Gasteiger partial charge is 0.744 e. The van der Waals surface area contributed by atoms with Crippen LogP contribution in [0.2, 0.25) is 0 Å². The predicted molar refractivity (Wildman–Crippen MR) is 234 cm³/mol. The fourth-order valence-electron chi connectivity index (χ4n) is 7.85. The molecule has 0 aliphatic rings. The van der Waals surface area contributed by atoms with Crippen LogP contribution in [0.25, 0.3) is 0 Å². The zero-order valence-electron chi connectivity index (χ0n) is 36.3. The number of rotatable bonds is 21. The van der Waals surface area contributed by atoms with Crippen LogP contribution in [0.15, 0.2) is 102 Å². The molecule has 0 saturated heterocycles. The van der Waals surface area contributed by atoms with Crippen molar-refractivity contribution in [2.45, 2.75) is 186 Å². The van der Waals surface area contributed by atoms with Crippen molar-refractivity contribution in [3.63, 3.8) is 0 Å². The maximum Gasteiger partial charge on any atom is 0.169 e. The van der Waals surface area contributed by atoms with Gasteiger partial charge in [0.25, 0.3) is 0 Å². The zero-order chi connectivity index (χ0) is 41.1. The highest BCUT2D eigenvalue weighted by molar-refractivity contribution is 7.85. The Balaban J connectivity index is 0.000000303. The number of aromatic nitrogens is 2. The average molecular weight is 783 g/mol.